The van der Waals surface area contributed by atoms with Gasteiger partial charge >= 0.3 is 136 Å². The molecule has 2 rings (SSSR count). The van der Waals surface area contributed by atoms with Gasteiger partial charge in [0.15, 0.2) is 0 Å². The minimum atomic E-state index is -1.79. The van der Waals surface area contributed by atoms with E-state index in [1.165, 1.54) is 4.35 Å². The van der Waals surface area contributed by atoms with E-state index in [9.17, 15) is 9.90 Å². The minimum absolute atomic E-state index is 0.0537. The van der Waals surface area contributed by atoms with Crippen LogP contribution in [0.4, 0.5) is 5.69 Å². The number of rotatable bonds is 6. The fourth-order valence-electron chi connectivity index (χ4n) is 1.76. The van der Waals surface area contributed by atoms with Crippen molar-refractivity contribution >= 4 is 43.9 Å². The Balaban J connectivity index is 2.29. The van der Waals surface area contributed by atoms with Crippen molar-refractivity contribution in [1.29, 1.82) is 0 Å². The third kappa shape index (κ3) is 4.19. The van der Waals surface area contributed by atoms with Crippen LogP contribution in [-0.2, 0) is 4.79 Å². The molecule has 0 aliphatic rings. The number of hydrogen-bond acceptors (Lipinski definition) is 5. The van der Waals surface area contributed by atoms with Crippen LogP contribution in [0.3, 0.4) is 0 Å². The van der Waals surface area contributed by atoms with Crippen molar-refractivity contribution in [3.63, 3.8) is 0 Å². The Hall–Kier alpha value is -1.62. The first kappa shape index (κ1) is 16.7. The second-order valence-corrected chi connectivity index (χ2v) is 12.1. The molecule has 0 radical (unpaired) electrons. The van der Waals surface area contributed by atoms with E-state index >= 15 is 0 Å². The molecule has 2 aromatic rings. The Morgan fingerprint density at radius 1 is 1.18 bits per heavy atom. The van der Waals surface area contributed by atoms with Gasteiger partial charge < -0.3 is 0 Å². The van der Waals surface area contributed by atoms with Crippen molar-refractivity contribution in [1.82, 2.24) is 0 Å². The molecule has 5 nitrogen and oxygen atoms in total. The molecule has 2 atom stereocenters. The predicted octanol–water partition coefficient (Wildman–Crippen LogP) is 0.225. The zero-order valence-electron chi connectivity index (χ0n) is 11.7. The molecule has 0 saturated heterocycles. The molecule has 0 heterocycles. The number of phenolic OH excluding ortho intramolecular Hbond substituents is 1. The Morgan fingerprint density at radius 2 is 1.86 bits per heavy atom. The van der Waals surface area contributed by atoms with E-state index in [1.54, 1.807) is 22.2 Å². The number of carboxylic acids is 1. The summed E-state index contributed by atoms with van der Waals surface area (Å²) in [5.41, 5.74) is 11.7. The van der Waals surface area contributed by atoms with Crippen LogP contribution < -0.4 is 20.2 Å². The number of carboxylic acid groups (broad SMARTS) is 1. The van der Waals surface area contributed by atoms with Gasteiger partial charge in [-0.25, -0.2) is 0 Å². The molecule has 2 unspecified atom stereocenters. The van der Waals surface area contributed by atoms with Gasteiger partial charge in [-0.2, -0.15) is 0 Å². The molecule has 0 saturated carbocycles. The molecule has 2 aromatic carbocycles. The summed E-state index contributed by atoms with van der Waals surface area (Å²) in [6, 6.07) is 14.2. The van der Waals surface area contributed by atoms with E-state index in [0.29, 0.717) is 11.4 Å². The fourth-order valence-corrected chi connectivity index (χ4v) is 10.1. The van der Waals surface area contributed by atoms with E-state index in [0.717, 1.165) is 4.35 Å². The summed E-state index contributed by atoms with van der Waals surface area (Å²) in [5, 5.41) is 18.5. The maximum atomic E-state index is 10.9. The third-order valence-electron chi connectivity index (χ3n) is 2.94. The van der Waals surface area contributed by atoms with Crippen LogP contribution >= 0.6 is 10.0 Å². The van der Waals surface area contributed by atoms with Gasteiger partial charge in [0.05, 0.1) is 0 Å². The molecule has 7 heteroatoms. The van der Waals surface area contributed by atoms with Gasteiger partial charge in [-0.1, -0.05) is 0 Å². The van der Waals surface area contributed by atoms with Crippen LogP contribution in [0.2, 0.25) is 0 Å². The zero-order valence-corrected chi connectivity index (χ0v) is 14.4. The van der Waals surface area contributed by atoms with Gasteiger partial charge in [0.2, 0.25) is 0 Å². The summed E-state index contributed by atoms with van der Waals surface area (Å²) in [4.78, 5) is 10.9. The number of benzene rings is 2. The topological polar surface area (TPSA) is 110 Å². The number of anilines is 1. The first-order valence-corrected chi connectivity index (χ1v) is 11.7. The first-order chi connectivity index (χ1) is 10.5. The van der Waals surface area contributed by atoms with Gasteiger partial charge in [-0.05, 0) is 0 Å². The number of nitrogen functional groups attached to an aromatic ring is 1. The number of nitrogens with two attached hydrogens (primary N) is 2. The van der Waals surface area contributed by atoms with Crippen LogP contribution in [0.1, 0.15) is 0 Å². The molecule has 0 aliphatic heterocycles. The molecule has 0 spiro atoms. The summed E-state index contributed by atoms with van der Waals surface area (Å²) in [6.07, 6.45) is 0. The molecule has 0 aromatic heterocycles. The molecular formula is C15H17AsN2O3S. The predicted molar refractivity (Wildman–Crippen MR) is 92.1 cm³/mol. The van der Waals surface area contributed by atoms with Crippen molar-refractivity contribution in [3.05, 3.63) is 48.5 Å². The van der Waals surface area contributed by atoms with Gasteiger partial charge in [0, 0.05) is 0 Å². The standard InChI is InChI=1S/C15H17AsN2O3S/c17-12-8-11(6-7-14(12)19)16(10-4-2-1-3-5-10)22-9-13(18)15(20)21/h1-8,13,19H,9,17-18H2,(H,20,21). The Kier molecular flexibility index (Phi) is 5.77. The number of carbonyl (C=O) groups is 1. The Morgan fingerprint density at radius 3 is 2.45 bits per heavy atom. The van der Waals surface area contributed by atoms with Crippen molar-refractivity contribution in [2.45, 2.75) is 6.04 Å². The van der Waals surface area contributed by atoms with Crippen LogP contribution in [-0.4, -0.2) is 41.5 Å². The van der Waals surface area contributed by atoms with Crippen LogP contribution in [0.25, 0.3) is 0 Å². The molecule has 0 bridgehead atoms. The molecule has 116 valence electrons. The second kappa shape index (κ2) is 7.58. The van der Waals surface area contributed by atoms with Gasteiger partial charge in [-0.15, -0.1) is 0 Å². The Labute approximate surface area is 136 Å². The van der Waals surface area contributed by atoms with Crippen molar-refractivity contribution in [2.24, 2.45) is 5.73 Å². The normalized spacial score (nSPS) is 13.5. The van der Waals surface area contributed by atoms with Gasteiger partial charge in [-0.3, -0.25) is 0 Å². The number of aromatic hydroxyl groups is 1. The van der Waals surface area contributed by atoms with Crippen LogP contribution in [0.15, 0.2) is 48.5 Å². The summed E-state index contributed by atoms with van der Waals surface area (Å²) in [6.45, 7) is 0. The molecular weight excluding hydrogens is 363 g/mol. The summed E-state index contributed by atoms with van der Waals surface area (Å²) in [5.74, 6) is -0.608. The molecule has 22 heavy (non-hydrogen) atoms. The molecule has 0 fully saturated rings. The first-order valence-electron chi connectivity index (χ1n) is 6.54. The van der Waals surface area contributed by atoms with Crippen LogP contribution in [0.5, 0.6) is 5.75 Å². The maximum absolute atomic E-state index is 10.9. The second-order valence-electron chi connectivity index (χ2n) is 4.61. The van der Waals surface area contributed by atoms with Gasteiger partial charge in [0.1, 0.15) is 0 Å². The number of aliphatic carboxylic acids is 1. The van der Waals surface area contributed by atoms with Crippen molar-refractivity contribution in [3.8, 4) is 5.75 Å². The quantitative estimate of drug-likeness (QED) is 0.324. The van der Waals surface area contributed by atoms with Crippen molar-refractivity contribution < 1.29 is 15.0 Å². The molecule has 6 N–H and O–H groups in total. The molecule has 0 aliphatic carbocycles. The third-order valence-corrected chi connectivity index (χ3v) is 11.6. The van der Waals surface area contributed by atoms with E-state index in [1.807, 2.05) is 36.4 Å². The van der Waals surface area contributed by atoms with Gasteiger partial charge in [0.25, 0.3) is 0 Å². The summed E-state index contributed by atoms with van der Waals surface area (Å²) >= 11 is -1.79. The Bertz CT molecular complexity index is 654. The number of hydrogen-bond donors (Lipinski definition) is 4. The monoisotopic (exact) mass is 380 g/mol. The average Bonchev–Trinajstić information content (AvgIpc) is 2.51. The number of phenols is 1. The average molecular weight is 380 g/mol. The van der Waals surface area contributed by atoms with E-state index in [4.69, 9.17) is 16.6 Å². The zero-order chi connectivity index (χ0) is 16.1. The fraction of sp³-hybridized carbons (Fsp3) is 0.133. The summed E-state index contributed by atoms with van der Waals surface area (Å²) in [7, 11) is 1.58. The summed E-state index contributed by atoms with van der Waals surface area (Å²) < 4.78 is 2.21. The van der Waals surface area contributed by atoms with E-state index < -0.39 is 25.5 Å². The molecule has 0 amide bonds. The van der Waals surface area contributed by atoms with Crippen molar-refractivity contribution in [2.75, 3.05) is 11.5 Å². The van der Waals surface area contributed by atoms with E-state index in [-0.39, 0.29) is 5.75 Å². The van der Waals surface area contributed by atoms with E-state index in [2.05, 4.69) is 0 Å². The van der Waals surface area contributed by atoms with Crippen LogP contribution in [0, 0.1) is 0 Å². The SMILES string of the molecule is Nc1cc([As](SCC(N)C(=O)O)c2ccccc2)ccc1O.